The number of hydrogen-bond acceptors (Lipinski definition) is 3. The number of nitrogens with zero attached hydrogens (tertiary/aromatic N) is 2. The molecule has 0 bridgehead atoms. The van der Waals surface area contributed by atoms with Gasteiger partial charge in [-0.3, -0.25) is 14.6 Å². The Kier molecular flexibility index (Phi) is 4.65. The smallest absolute Gasteiger partial charge is 0.249 e. The van der Waals surface area contributed by atoms with Crippen molar-refractivity contribution in [1.82, 2.24) is 0 Å². The van der Waals surface area contributed by atoms with Crippen molar-refractivity contribution < 1.29 is 9.59 Å². The average Bonchev–Trinajstić information content (AvgIpc) is 3.18. The number of rotatable bonds is 4. The van der Waals surface area contributed by atoms with E-state index < -0.39 is 0 Å². The Bertz CT molecular complexity index is 851. The molecule has 0 atom stereocenters. The van der Waals surface area contributed by atoms with Gasteiger partial charge in [0.2, 0.25) is 5.91 Å². The Labute approximate surface area is 153 Å². The largest absolute Gasteiger partial charge is 0.303 e. The highest BCUT2D eigenvalue weighted by Gasteiger charge is 2.30. The van der Waals surface area contributed by atoms with Crippen LogP contribution in [0.3, 0.4) is 0 Å². The summed E-state index contributed by atoms with van der Waals surface area (Å²) < 4.78 is 0. The fourth-order valence-corrected chi connectivity index (χ4v) is 3.91. The van der Waals surface area contributed by atoms with E-state index in [9.17, 15) is 9.59 Å². The first-order valence-electron chi connectivity index (χ1n) is 9.26. The zero-order valence-corrected chi connectivity index (χ0v) is 14.7. The summed E-state index contributed by atoms with van der Waals surface area (Å²) in [7, 11) is 0. The van der Waals surface area contributed by atoms with Crippen molar-refractivity contribution in [1.29, 1.82) is 0 Å². The fraction of sp³-hybridized carbons (Fsp3) is 0.318. The molecule has 4 nitrogen and oxygen atoms in total. The van der Waals surface area contributed by atoms with Crippen LogP contribution in [0.2, 0.25) is 0 Å². The summed E-state index contributed by atoms with van der Waals surface area (Å²) in [6.07, 6.45) is 4.13. The van der Waals surface area contributed by atoms with Crippen molar-refractivity contribution in [2.24, 2.45) is 10.9 Å². The molecule has 0 aromatic heterocycles. The van der Waals surface area contributed by atoms with Gasteiger partial charge in [-0.1, -0.05) is 61.4 Å². The minimum absolute atomic E-state index is 0.0663. The first kappa shape index (κ1) is 16.7. The Morgan fingerprint density at radius 3 is 2.46 bits per heavy atom. The molecular formula is C22H22N2O2. The van der Waals surface area contributed by atoms with E-state index in [1.807, 2.05) is 54.6 Å². The van der Waals surface area contributed by atoms with E-state index in [2.05, 4.69) is 4.99 Å². The van der Waals surface area contributed by atoms with Crippen LogP contribution >= 0.6 is 0 Å². The van der Waals surface area contributed by atoms with Crippen molar-refractivity contribution >= 4 is 23.1 Å². The van der Waals surface area contributed by atoms with Crippen molar-refractivity contribution in [2.75, 3.05) is 18.0 Å². The molecule has 1 amide bonds. The summed E-state index contributed by atoms with van der Waals surface area (Å²) in [6.45, 7) is 0.217. The molecule has 1 fully saturated rings. The van der Waals surface area contributed by atoms with Gasteiger partial charge in [-0.25, -0.2) is 0 Å². The number of fused-ring (bicyclic) bond motifs is 1. The van der Waals surface area contributed by atoms with E-state index in [0.29, 0.717) is 0 Å². The van der Waals surface area contributed by atoms with E-state index >= 15 is 0 Å². The van der Waals surface area contributed by atoms with Crippen LogP contribution in [0.1, 0.15) is 36.8 Å². The lowest BCUT2D eigenvalue weighted by molar-refractivity contribution is -0.124. The second-order valence-electron chi connectivity index (χ2n) is 6.98. The molecule has 0 spiro atoms. The van der Waals surface area contributed by atoms with Crippen molar-refractivity contribution in [3.63, 3.8) is 0 Å². The molecule has 2 aromatic rings. The summed E-state index contributed by atoms with van der Waals surface area (Å²) in [5.41, 5.74) is 3.48. The molecule has 1 aliphatic carbocycles. The maximum Gasteiger partial charge on any atom is 0.249 e. The standard InChI is InChI=1S/C22H22N2O2/c25-20(16-8-4-5-9-16)15-24-19-13-7-6-12-18(19)22(23-14-21(24)26)17-10-2-1-3-11-17/h1-3,6-7,10-13,16H,4-5,8-9,14-15H2. The highest BCUT2D eigenvalue weighted by molar-refractivity contribution is 6.20. The second-order valence-corrected chi connectivity index (χ2v) is 6.98. The Morgan fingerprint density at radius 1 is 1.00 bits per heavy atom. The molecule has 4 heteroatoms. The lowest BCUT2D eigenvalue weighted by Gasteiger charge is -2.23. The number of para-hydroxylation sites is 1. The molecule has 132 valence electrons. The molecule has 26 heavy (non-hydrogen) atoms. The van der Waals surface area contributed by atoms with Gasteiger partial charge in [0.05, 0.1) is 17.9 Å². The maximum absolute atomic E-state index is 12.8. The topological polar surface area (TPSA) is 49.7 Å². The number of Topliss-reactive ketones (excluding diaryl/α,β-unsaturated/α-hetero) is 1. The number of carbonyl (C=O) groups excluding carboxylic acids is 2. The van der Waals surface area contributed by atoms with E-state index in [-0.39, 0.29) is 30.7 Å². The fourth-order valence-electron chi connectivity index (χ4n) is 3.91. The number of aliphatic imine (C=N–C) groups is 1. The Morgan fingerprint density at radius 2 is 1.69 bits per heavy atom. The molecule has 0 N–H and O–H groups in total. The zero-order valence-electron chi connectivity index (χ0n) is 14.7. The van der Waals surface area contributed by atoms with Crippen molar-refractivity contribution in [3.05, 3.63) is 65.7 Å². The summed E-state index contributed by atoms with van der Waals surface area (Å²) in [5, 5.41) is 0. The van der Waals surface area contributed by atoms with Crippen LogP contribution in [-0.4, -0.2) is 30.5 Å². The Hall–Kier alpha value is -2.75. The van der Waals surface area contributed by atoms with Crippen molar-refractivity contribution in [3.8, 4) is 0 Å². The Balaban J connectivity index is 1.70. The quantitative estimate of drug-likeness (QED) is 0.849. The van der Waals surface area contributed by atoms with Gasteiger partial charge in [-0.15, -0.1) is 0 Å². The molecule has 2 aliphatic rings. The summed E-state index contributed by atoms with van der Waals surface area (Å²) in [4.78, 5) is 31.7. The SMILES string of the molecule is O=C(CN1C(=O)CN=C(c2ccccc2)c2ccccc21)C1CCCC1. The van der Waals surface area contributed by atoms with E-state index in [0.717, 1.165) is 48.2 Å². The van der Waals surface area contributed by atoms with Crippen LogP contribution in [0.15, 0.2) is 59.6 Å². The minimum Gasteiger partial charge on any atom is -0.303 e. The second kappa shape index (κ2) is 7.24. The summed E-state index contributed by atoms with van der Waals surface area (Å²) in [5.74, 6) is 0.163. The predicted molar refractivity (Wildman–Crippen MR) is 103 cm³/mol. The van der Waals surface area contributed by atoms with Crippen LogP contribution in [-0.2, 0) is 9.59 Å². The summed E-state index contributed by atoms with van der Waals surface area (Å²) in [6, 6.07) is 17.6. The van der Waals surface area contributed by atoms with E-state index in [4.69, 9.17) is 0 Å². The van der Waals surface area contributed by atoms with Gasteiger partial charge in [0.25, 0.3) is 0 Å². The van der Waals surface area contributed by atoms with E-state index in [1.54, 1.807) is 4.90 Å². The van der Waals surface area contributed by atoms with Crippen LogP contribution in [0.5, 0.6) is 0 Å². The molecule has 0 radical (unpaired) electrons. The predicted octanol–water partition coefficient (Wildman–Crippen LogP) is 3.63. The number of benzodiazepines with no additional fused rings is 1. The van der Waals surface area contributed by atoms with Gasteiger partial charge in [-0.05, 0) is 18.9 Å². The lowest BCUT2D eigenvalue weighted by Crippen LogP contribution is -2.38. The highest BCUT2D eigenvalue weighted by Crippen LogP contribution is 2.29. The maximum atomic E-state index is 12.8. The average molecular weight is 346 g/mol. The molecule has 2 aromatic carbocycles. The summed E-state index contributed by atoms with van der Waals surface area (Å²) >= 11 is 0. The van der Waals surface area contributed by atoms with Gasteiger partial charge in [-0.2, -0.15) is 0 Å². The third-order valence-electron chi connectivity index (χ3n) is 5.30. The van der Waals surface area contributed by atoms with Crippen molar-refractivity contribution in [2.45, 2.75) is 25.7 Å². The normalized spacial score (nSPS) is 17.6. The number of anilines is 1. The number of benzene rings is 2. The lowest BCUT2D eigenvalue weighted by atomic mass is 9.99. The first-order chi connectivity index (χ1) is 12.7. The van der Waals surface area contributed by atoms with Crippen LogP contribution in [0.4, 0.5) is 5.69 Å². The van der Waals surface area contributed by atoms with Gasteiger partial charge >= 0.3 is 0 Å². The third-order valence-corrected chi connectivity index (χ3v) is 5.30. The molecular weight excluding hydrogens is 324 g/mol. The molecule has 0 saturated heterocycles. The highest BCUT2D eigenvalue weighted by atomic mass is 16.2. The van der Waals surface area contributed by atoms with Crippen LogP contribution in [0, 0.1) is 5.92 Å². The monoisotopic (exact) mass is 346 g/mol. The molecule has 1 saturated carbocycles. The zero-order chi connectivity index (χ0) is 17.9. The molecule has 0 unspecified atom stereocenters. The number of carbonyl (C=O) groups is 2. The third kappa shape index (κ3) is 3.19. The molecule has 1 aliphatic heterocycles. The van der Waals surface area contributed by atoms with Gasteiger partial charge < -0.3 is 4.90 Å². The first-order valence-corrected chi connectivity index (χ1v) is 9.26. The minimum atomic E-state index is -0.116. The number of amides is 1. The van der Waals surface area contributed by atoms with Crippen LogP contribution < -0.4 is 4.90 Å². The van der Waals surface area contributed by atoms with E-state index in [1.165, 1.54) is 0 Å². The van der Waals surface area contributed by atoms with Crippen LogP contribution in [0.25, 0.3) is 0 Å². The molecule has 1 heterocycles. The molecule has 4 rings (SSSR count). The van der Waals surface area contributed by atoms with Gasteiger partial charge in [0.15, 0.2) is 5.78 Å². The van der Waals surface area contributed by atoms with Gasteiger partial charge in [0.1, 0.15) is 6.54 Å². The number of hydrogen-bond donors (Lipinski definition) is 0. The van der Waals surface area contributed by atoms with Gasteiger partial charge in [0, 0.05) is 17.0 Å². The number of ketones is 1.